The molecule has 0 bridgehead atoms. The van der Waals surface area contributed by atoms with E-state index >= 15 is 0 Å². The maximum atomic E-state index is 14.7. The molecule has 0 fully saturated rings. The van der Waals surface area contributed by atoms with Gasteiger partial charge in [-0.1, -0.05) is 84.7 Å². The minimum Gasteiger partial charge on any atom is -0.497 e. The van der Waals surface area contributed by atoms with Crippen molar-refractivity contribution in [1.82, 2.24) is 10.2 Å². The van der Waals surface area contributed by atoms with Crippen LogP contribution in [0.5, 0.6) is 11.5 Å². The van der Waals surface area contributed by atoms with Gasteiger partial charge in [-0.3, -0.25) is 13.9 Å². The van der Waals surface area contributed by atoms with Crippen LogP contribution < -0.4 is 19.1 Å². The Morgan fingerprint density at radius 3 is 2.15 bits per heavy atom. The Kier molecular flexibility index (Phi) is 12.7. The summed E-state index contributed by atoms with van der Waals surface area (Å²) in [6.45, 7) is 3.05. The number of sulfonamides is 1. The summed E-state index contributed by atoms with van der Waals surface area (Å²) >= 11 is 12.8. The summed E-state index contributed by atoms with van der Waals surface area (Å²) in [7, 11) is -1.49. The van der Waals surface area contributed by atoms with E-state index < -0.39 is 28.5 Å². The minimum atomic E-state index is -4.35. The lowest BCUT2D eigenvalue weighted by molar-refractivity contribution is -0.140. The highest BCUT2D eigenvalue weighted by molar-refractivity contribution is 7.92. The van der Waals surface area contributed by atoms with Gasteiger partial charge in [-0.05, 0) is 60.9 Å². The Morgan fingerprint density at radius 1 is 0.875 bits per heavy atom. The predicted molar refractivity (Wildman–Crippen MR) is 189 cm³/mol. The van der Waals surface area contributed by atoms with Gasteiger partial charge in [-0.2, -0.15) is 0 Å². The van der Waals surface area contributed by atoms with Gasteiger partial charge in [0.15, 0.2) is 0 Å². The van der Waals surface area contributed by atoms with Gasteiger partial charge in [0.2, 0.25) is 11.8 Å². The fourth-order valence-corrected chi connectivity index (χ4v) is 6.96. The topological polar surface area (TPSA) is 105 Å². The highest BCUT2D eigenvalue weighted by atomic mass is 35.5. The van der Waals surface area contributed by atoms with Crippen LogP contribution >= 0.6 is 23.2 Å². The number of nitrogens with one attached hydrogen (secondary N) is 1. The molecule has 0 radical (unpaired) electrons. The summed E-state index contributed by atoms with van der Waals surface area (Å²) in [5.74, 6) is -0.481. The Labute approximate surface area is 292 Å². The lowest BCUT2D eigenvalue weighted by Crippen LogP contribution is -2.54. The standard InChI is InChI=1S/C36H39Cl2N3O6S/c1-5-25(2)39-36(43)33(20-26-12-8-6-9-13-26)40(23-27-16-17-28(37)21-31(27)38)35(42)24-41(48(44,45)30-14-10-7-11-15-30)32-22-29(46-3)18-19-34(32)47-4/h6-19,21-22,25,33H,5,20,23-24H2,1-4H3,(H,39,43)/t25-,33-/m1/s1. The van der Waals surface area contributed by atoms with E-state index in [2.05, 4.69) is 5.32 Å². The second-order valence-electron chi connectivity index (χ2n) is 11.1. The summed E-state index contributed by atoms with van der Waals surface area (Å²) < 4.78 is 40.6. The molecule has 2 amide bonds. The van der Waals surface area contributed by atoms with Crippen LogP contribution in [-0.4, -0.2) is 58.0 Å². The smallest absolute Gasteiger partial charge is 0.264 e. The maximum Gasteiger partial charge on any atom is 0.264 e. The second kappa shape index (κ2) is 16.7. The Hall–Kier alpha value is -4.25. The molecule has 9 nitrogen and oxygen atoms in total. The molecule has 254 valence electrons. The molecule has 0 unspecified atom stereocenters. The van der Waals surface area contributed by atoms with E-state index in [0.717, 1.165) is 9.87 Å². The molecule has 0 heterocycles. The van der Waals surface area contributed by atoms with Crippen molar-refractivity contribution in [2.45, 2.75) is 50.2 Å². The number of rotatable bonds is 15. The summed E-state index contributed by atoms with van der Waals surface area (Å²) in [6.07, 6.45) is 0.827. The average Bonchev–Trinajstić information content (AvgIpc) is 3.09. The van der Waals surface area contributed by atoms with E-state index in [-0.39, 0.29) is 41.2 Å². The van der Waals surface area contributed by atoms with E-state index in [1.54, 1.807) is 48.5 Å². The number of nitrogens with zero attached hydrogens (tertiary/aromatic N) is 2. The molecule has 12 heteroatoms. The Morgan fingerprint density at radius 2 is 1.54 bits per heavy atom. The van der Waals surface area contributed by atoms with Gasteiger partial charge in [0.25, 0.3) is 10.0 Å². The van der Waals surface area contributed by atoms with Crippen molar-refractivity contribution in [3.8, 4) is 11.5 Å². The van der Waals surface area contributed by atoms with Gasteiger partial charge in [0.1, 0.15) is 24.1 Å². The van der Waals surface area contributed by atoms with Crippen molar-refractivity contribution in [3.63, 3.8) is 0 Å². The lowest BCUT2D eigenvalue weighted by atomic mass is 10.0. The van der Waals surface area contributed by atoms with Crippen LogP contribution in [0.4, 0.5) is 5.69 Å². The number of anilines is 1. The number of methoxy groups -OCH3 is 2. The normalized spacial score (nSPS) is 12.5. The predicted octanol–water partition coefficient (Wildman–Crippen LogP) is 6.76. The number of ether oxygens (including phenoxy) is 2. The zero-order chi connectivity index (χ0) is 34.8. The van der Waals surface area contributed by atoms with Crippen LogP contribution in [0.2, 0.25) is 10.0 Å². The molecule has 0 aliphatic heterocycles. The fraction of sp³-hybridized carbons (Fsp3) is 0.278. The third-order valence-electron chi connectivity index (χ3n) is 7.89. The van der Waals surface area contributed by atoms with Gasteiger partial charge < -0.3 is 19.7 Å². The van der Waals surface area contributed by atoms with Crippen LogP contribution in [0.25, 0.3) is 0 Å². The molecule has 0 aromatic heterocycles. The summed E-state index contributed by atoms with van der Waals surface area (Å²) in [5.41, 5.74) is 1.42. The number of benzene rings is 4. The van der Waals surface area contributed by atoms with Gasteiger partial charge in [0.05, 0.1) is 24.8 Å². The highest BCUT2D eigenvalue weighted by Crippen LogP contribution is 2.36. The molecule has 4 rings (SSSR count). The minimum absolute atomic E-state index is 0.0367. The van der Waals surface area contributed by atoms with Gasteiger partial charge in [-0.25, -0.2) is 8.42 Å². The first-order chi connectivity index (χ1) is 23.0. The van der Waals surface area contributed by atoms with Crippen LogP contribution in [0.1, 0.15) is 31.4 Å². The van der Waals surface area contributed by atoms with Gasteiger partial charge >= 0.3 is 0 Å². The molecule has 0 spiro atoms. The molecule has 0 aliphatic rings. The fourth-order valence-electron chi connectivity index (χ4n) is 5.05. The molecule has 4 aromatic carbocycles. The van der Waals surface area contributed by atoms with E-state index in [4.69, 9.17) is 32.7 Å². The maximum absolute atomic E-state index is 14.7. The molecule has 0 saturated carbocycles. The van der Waals surface area contributed by atoms with Crippen LogP contribution in [0, 0.1) is 0 Å². The molecule has 48 heavy (non-hydrogen) atoms. The lowest BCUT2D eigenvalue weighted by Gasteiger charge is -2.34. The average molecular weight is 713 g/mol. The molecular weight excluding hydrogens is 673 g/mol. The van der Waals surface area contributed by atoms with E-state index in [9.17, 15) is 18.0 Å². The van der Waals surface area contributed by atoms with Crippen molar-refractivity contribution >= 4 is 50.7 Å². The molecule has 0 aliphatic carbocycles. The quantitative estimate of drug-likeness (QED) is 0.146. The number of halogens is 2. The molecule has 2 atom stereocenters. The number of carbonyl (C=O) groups excluding carboxylic acids is 2. The number of hydrogen-bond donors (Lipinski definition) is 1. The van der Waals surface area contributed by atoms with E-state index in [0.29, 0.717) is 27.8 Å². The molecular formula is C36H39Cl2N3O6S. The Bertz CT molecular complexity index is 1810. The van der Waals surface area contributed by atoms with Crippen molar-refractivity contribution in [1.29, 1.82) is 0 Å². The zero-order valence-corrected chi connectivity index (χ0v) is 29.6. The van der Waals surface area contributed by atoms with Crippen LogP contribution in [0.15, 0.2) is 102 Å². The van der Waals surface area contributed by atoms with Crippen molar-refractivity contribution < 1.29 is 27.5 Å². The Balaban J connectivity index is 1.88. The highest BCUT2D eigenvalue weighted by Gasteiger charge is 2.36. The molecule has 0 saturated heterocycles. The summed E-state index contributed by atoms with van der Waals surface area (Å²) in [4.78, 5) is 30.1. The number of hydrogen-bond acceptors (Lipinski definition) is 6. The van der Waals surface area contributed by atoms with E-state index in [1.165, 1.54) is 37.3 Å². The number of carbonyl (C=O) groups is 2. The molecule has 1 N–H and O–H groups in total. The SMILES string of the molecule is CC[C@@H](C)NC(=O)[C@@H](Cc1ccccc1)N(Cc1ccc(Cl)cc1Cl)C(=O)CN(c1cc(OC)ccc1OC)S(=O)(=O)c1ccccc1. The largest absolute Gasteiger partial charge is 0.497 e. The van der Waals surface area contributed by atoms with Crippen molar-refractivity contribution in [3.05, 3.63) is 118 Å². The third kappa shape index (κ3) is 9.00. The van der Waals surface area contributed by atoms with Gasteiger partial charge in [0, 0.05) is 35.1 Å². The van der Waals surface area contributed by atoms with Crippen LogP contribution in [0.3, 0.4) is 0 Å². The summed E-state index contributed by atoms with van der Waals surface area (Å²) in [5, 5.41) is 3.71. The number of amides is 2. The first kappa shape index (κ1) is 36.6. The first-order valence-electron chi connectivity index (χ1n) is 15.4. The summed E-state index contributed by atoms with van der Waals surface area (Å²) in [6, 6.07) is 25.4. The molecule has 4 aromatic rings. The van der Waals surface area contributed by atoms with Crippen molar-refractivity contribution in [2.24, 2.45) is 0 Å². The van der Waals surface area contributed by atoms with Crippen molar-refractivity contribution in [2.75, 3.05) is 25.1 Å². The van der Waals surface area contributed by atoms with Gasteiger partial charge in [-0.15, -0.1) is 0 Å². The third-order valence-corrected chi connectivity index (χ3v) is 10.3. The van der Waals surface area contributed by atoms with Crippen LogP contribution in [-0.2, 0) is 32.6 Å². The van der Waals surface area contributed by atoms with E-state index in [1.807, 2.05) is 44.2 Å². The first-order valence-corrected chi connectivity index (χ1v) is 17.6. The monoisotopic (exact) mass is 711 g/mol. The second-order valence-corrected chi connectivity index (χ2v) is 13.8. The zero-order valence-electron chi connectivity index (χ0n) is 27.2.